The number of nitrogens with zero attached hydrogens (tertiary/aromatic N) is 1. The highest BCUT2D eigenvalue weighted by atomic mass is 19.4. The topological polar surface area (TPSA) is 77.1 Å². The Kier molecular flexibility index (Phi) is 7.98. The Morgan fingerprint density at radius 1 is 0.729 bits per heavy atom. The Hall–Kier alpha value is -4.63. The highest BCUT2D eigenvalue weighted by Crippen LogP contribution is 2.52. The van der Waals surface area contributed by atoms with E-state index in [1.54, 1.807) is 19.1 Å². The number of hydrogen-bond acceptors (Lipinski definition) is 5. The zero-order valence-electron chi connectivity index (χ0n) is 24.9. The summed E-state index contributed by atoms with van der Waals surface area (Å²) >= 11 is 0. The van der Waals surface area contributed by atoms with Crippen LogP contribution in [0.15, 0.2) is 54.6 Å². The van der Waals surface area contributed by atoms with E-state index < -0.39 is 83.3 Å². The van der Waals surface area contributed by atoms with Gasteiger partial charge in [0.1, 0.15) is 18.0 Å². The summed E-state index contributed by atoms with van der Waals surface area (Å²) < 4.78 is 140. The number of ether oxygens (including phenoxy) is 3. The summed E-state index contributed by atoms with van der Waals surface area (Å²) in [6.45, 7) is 1.69. The highest BCUT2D eigenvalue weighted by molar-refractivity contribution is 5.78. The summed E-state index contributed by atoms with van der Waals surface area (Å²) in [5.41, 5.74) is -3.83. The summed E-state index contributed by atoms with van der Waals surface area (Å²) in [7, 11) is 1.33. The molecule has 256 valence electrons. The molecule has 3 aliphatic heterocycles. The molecule has 0 saturated carbocycles. The van der Waals surface area contributed by atoms with Gasteiger partial charge in [-0.1, -0.05) is 12.1 Å². The predicted molar refractivity (Wildman–Crippen MR) is 149 cm³/mol. The van der Waals surface area contributed by atoms with Gasteiger partial charge in [0.05, 0.1) is 41.9 Å². The first kappa shape index (κ1) is 33.3. The van der Waals surface area contributed by atoms with E-state index in [-0.39, 0.29) is 41.3 Å². The van der Waals surface area contributed by atoms with Gasteiger partial charge in [-0.3, -0.25) is 4.90 Å². The molecule has 1 N–H and O–H groups in total. The van der Waals surface area contributed by atoms with Gasteiger partial charge in [-0.05, 0) is 84.5 Å². The molecule has 6 rings (SSSR count). The maximum absolute atomic E-state index is 14.0. The number of carbonyl (C=O) groups excluding carboxylic acids is 2. The first-order valence-electron chi connectivity index (χ1n) is 14.5. The lowest BCUT2D eigenvalue weighted by atomic mass is 9.89. The van der Waals surface area contributed by atoms with Gasteiger partial charge in [-0.25, -0.2) is 9.59 Å². The van der Waals surface area contributed by atoms with E-state index in [9.17, 15) is 49.1 Å². The lowest BCUT2D eigenvalue weighted by molar-refractivity contribution is -0.143. The van der Waals surface area contributed by atoms with E-state index in [0.29, 0.717) is 17.7 Å². The molecule has 0 unspecified atom stereocenters. The maximum atomic E-state index is 14.0. The molecule has 0 aliphatic carbocycles. The third-order valence-corrected chi connectivity index (χ3v) is 8.77. The van der Waals surface area contributed by atoms with Crippen LogP contribution in [0.1, 0.15) is 71.4 Å². The molecule has 0 radical (unpaired) electrons. The number of halogens is 9. The van der Waals surface area contributed by atoms with Crippen LogP contribution in [0.3, 0.4) is 0 Å². The molecule has 48 heavy (non-hydrogen) atoms. The second-order valence-corrected chi connectivity index (χ2v) is 11.7. The minimum Gasteiger partial charge on any atom is -0.496 e. The lowest BCUT2D eigenvalue weighted by Gasteiger charge is -2.26. The van der Waals surface area contributed by atoms with E-state index in [2.05, 4.69) is 5.32 Å². The fourth-order valence-corrected chi connectivity index (χ4v) is 6.63. The van der Waals surface area contributed by atoms with Crippen LogP contribution in [0.25, 0.3) is 11.1 Å². The van der Waals surface area contributed by atoms with Gasteiger partial charge in [0, 0.05) is 5.56 Å². The molecule has 7 nitrogen and oxygen atoms in total. The molecule has 2 amide bonds. The van der Waals surface area contributed by atoms with Gasteiger partial charge in [0.15, 0.2) is 0 Å². The van der Waals surface area contributed by atoms with Crippen molar-refractivity contribution in [3.8, 4) is 16.9 Å². The first-order chi connectivity index (χ1) is 22.4. The number of hydrogen-bond donors (Lipinski definition) is 1. The van der Waals surface area contributed by atoms with Crippen molar-refractivity contribution in [1.82, 2.24) is 10.2 Å². The second kappa shape index (κ2) is 11.5. The van der Waals surface area contributed by atoms with E-state index >= 15 is 0 Å². The average Bonchev–Trinajstić information content (AvgIpc) is 3.69. The minimum atomic E-state index is -5.15. The van der Waals surface area contributed by atoms with Crippen LogP contribution in [-0.2, 0) is 28.0 Å². The second-order valence-electron chi connectivity index (χ2n) is 11.7. The fourth-order valence-electron chi connectivity index (χ4n) is 6.63. The number of carbonyl (C=O) groups is 2. The number of nitrogens with one attached hydrogen (secondary N) is 1. The van der Waals surface area contributed by atoms with Crippen molar-refractivity contribution < 1.29 is 63.3 Å². The predicted octanol–water partition coefficient (Wildman–Crippen LogP) is 8.98. The molecule has 3 saturated heterocycles. The van der Waals surface area contributed by atoms with E-state index in [4.69, 9.17) is 14.2 Å². The van der Waals surface area contributed by atoms with Crippen LogP contribution in [0.5, 0.6) is 5.75 Å². The van der Waals surface area contributed by atoms with Crippen molar-refractivity contribution in [3.63, 3.8) is 0 Å². The van der Waals surface area contributed by atoms with Crippen LogP contribution in [0, 0.1) is 0 Å². The molecule has 3 aromatic rings. The monoisotopic (exact) mass is 688 g/mol. The summed E-state index contributed by atoms with van der Waals surface area (Å²) in [6, 6.07) is 5.85. The van der Waals surface area contributed by atoms with Crippen LogP contribution >= 0.6 is 0 Å². The Morgan fingerprint density at radius 2 is 1.38 bits per heavy atom. The van der Waals surface area contributed by atoms with Crippen molar-refractivity contribution in [2.75, 3.05) is 7.11 Å². The minimum absolute atomic E-state index is 0.00464. The maximum Gasteiger partial charge on any atom is 0.416 e. The van der Waals surface area contributed by atoms with Gasteiger partial charge in [-0.2, -0.15) is 39.5 Å². The fraction of sp³-hybridized carbons (Fsp3) is 0.375. The number of rotatable bonds is 5. The number of amides is 2. The molecule has 5 atom stereocenters. The number of fused-ring (bicyclic) bond motifs is 1. The van der Waals surface area contributed by atoms with Gasteiger partial charge in [-0.15, -0.1) is 0 Å². The highest BCUT2D eigenvalue weighted by Gasteiger charge is 2.52. The molecular weight excluding hydrogens is 663 g/mol. The van der Waals surface area contributed by atoms with Gasteiger partial charge >= 0.3 is 30.7 Å². The summed E-state index contributed by atoms with van der Waals surface area (Å²) in [5.74, 6) is 0.227. The molecule has 0 bridgehead atoms. The molecule has 3 fully saturated rings. The lowest BCUT2D eigenvalue weighted by Crippen LogP contribution is -2.31. The van der Waals surface area contributed by atoms with E-state index in [1.807, 2.05) is 0 Å². The van der Waals surface area contributed by atoms with E-state index in [0.717, 1.165) is 17.0 Å². The molecule has 3 aliphatic rings. The number of benzene rings is 3. The van der Waals surface area contributed by atoms with Gasteiger partial charge in [0.2, 0.25) is 0 Å². The van der Waals surface area contributed by atoms with Crippen LogP contribution in [-0.4, -0.2) is 36.3 Å². The zero-order chi connectivity index (χ0) is 34.9. The third-order valence-electron chi connectivity index (χ3n) is 8.77. The van der Waals surface area contributed by atoms with Crippen molar-refractivity contribution in [2.24, 2.45) is 0 Å². The quantitative estimate of drug-likeness (QED) is 0.271. The van der Waals surface area contributed by atoms with Gasteiger partial charge < -0.3 is 19.5 Å². The summed E-state index contributed by atoms with van der Waals surface area (Å²) in [6.07, 6.45) is -19.2. The van der Waals surface area contributed by atoms with Crippen molar-refractivity contribution in [3.05, 3.63) is 88.0 Å². The molecule has 0 spiro atoms. The number of cyclic esters (lactones) is 2. The Labute approximate surface area is 266 Å². The van der Waals surface area contributed by atoms with E-state index in [1.165, 1.54) is 19.2 Å². The molecule has 3 heterocycles. The van der Waals surface area contributed by atoms with Gasteiger partial charge in [0.25, 0.3) is 0 Å². The third kappa shape index (κ3) is 5.96. The summed E-state index contributed by atoms with van der Waals surface area (Å²) in [4.78, 5) is 26.2. The van der Waals surface area contributed by atoms with Crippen molar-refractivity contribution in [2.45, 2.75) is 68.6 Å². The number of alkyl carbamates (subject to hydrolysis) is 1. The van der Waals surface area contributed by atoms with Crippen molar-refractivity contribution in [1.29, 1.82) is 0 Å². The number of alkyl halides is 9. The first-order valence-corrected chi connectivity index (χ1v) is 14.5. The Morgan fingerprint density at radius 3 is 1.94 bits per heavy atom. The largest absolute Gasteiger partial charge is 0.496 e. The average molecular weight is 689 g/mol. The molecule has 3 aromatic carbocycles. The summed E-state index contributed by atoms with van der Waals surface area (Å²) in [5, 5.41) is 2.60. The molecular formula is C32H25F9N2O5. The zero-order valence-corrected chi connectivity index (χ0v) is 24.9. The Balaban J connectivity index is 1.45. The van der Waals surface area contributed by atoms with Crippen molar-refractivity contribution >= 4 is 12.2 Å². The normalized spacial score (nSPS) is 24.3. The van der Waals surface area contributed by atoms with Crippen LogP contribution in [0.2, 0.25) is 0 Å². The SMILES string of the molecule is COc1ccc([C@H]2OC(=O)N[C@H]2C)cc1-c1ccc(C(F)(F)F)cc1[C@@H]1CC[C@H]2[C@@H](c3cc(C(F)(F)F)cc(C(F)(F)F)c3)OC(=O)N12. The van der Waals surface area contributed by atoms with Crippen LogP contribution < -0.4 is 10.1 Å². The number of methoxy groups -OCH3 is 1. The standard InChI is InChI=1S/C32H25F9N2O5/c1-14-26(47-28(44)42-14)15-3-8-25(46-2)22(11-15)20-5-4-17(30(33,34)35)13-21(20)23-6-7-24-27(48-29(45)43(23)24)16-9-18(31(36,37)38)12-19(10-16)32(39,40)41/h3-5,8-14,23-24,26-27H,6-7H2,1-2H3,(H,42,44)/t14-,23-,24-,26-,27+/m0/s1. The molecule has 0 aromatic heterocycles. The van der Waals surface area contributed by atoms with Crippen LogP contribution in [0.4, 0.5) is 49.1 Å². The smallest absolute Gasteiger partial charge is 0.416 e. The Bertz CT molecular complexity index is 1740. The molecule has 16 heteroatoms.